The van der Waals surface area contributed by atoms with Crippen LogP contribution in [0.25, 0.3) is 0 Å². The predicted octanol–water partition coefficient (Wildman–Crippen LogP) is 4.77. The number of rotatable bonds is 21. The topological polar surface area (TPSA) is 102 Å². The number of quaternary nitrogens is 1. The van der Waals surface area contributed by atoms with Gasteiger partial charge in [0.2, 0.25) is 0 Å². The molecule has 0 fully saturated rings. The maximum absolute atomic E-state index is 11.9. The second-order valence-corrected chi connectivity index (χ2v) is 11.0. The van der Waals surface area contributed by atoms with Crippen LogP contribution < -0.4 is 5.73 Å². The van der Waals surface area contributed by atoms with E-state index in [4.69, 9.17) is 14.8 Å². The van der Waals surface area contributed by atoms with Gasteiger partial charge in [-0.2, -0.15) is 0 Å². The summed E-state index contributed by atoms with van der Waals surface area (Å²) < 4.78 is 22.3. The lowest BCUT2D eigenvalue weighted by Crippen LogP contribution is -2.38. The molecule has 3 atom stereocenters. The molecule has 0 aromatic rings. The van der Waals surface area contributed by atoms with Crippen molar-refractivity contribution in [1.82, 2.24) is 0 Å². The lowest BCUT2D eigenvalue weighted by Gasteiger charge is -2.24. The maximum atomic E-state index is 11.9. The van der Waals surface area contributed by atoms with E-state index in [9.17, 15) is 14.6 Å². The van der Waals surface area contributed by atoms with Crippen LogP contribution in [-0.2, 0) is 13.6 Å². The number of nitrogens with two attached hydrogens (primary N) is 1. The van der Waals surface area contributed by atoms with Gasteiger partial charge in [-0.15, -0.1) is 0 Å². The van der Waals surface area contributed by atoms with Crippen LogP contribution in [0.1, 0.15) is 84.0 Å². The third-order valence-electron chi connectivity index (χ3n) is 5.19. The van der Waals surface area contributed by atoms with E-state index < -0.39 is 20.0 Å². The van der Waals surface area contributed by atoms with E-state index in [1.807, 2.05) is 27.2 Å². The second kappa shape index (κ2) is 18.2. The lowest BCUT2D eigenvalue weighted by atomic mass is 10.0. The van der Waals surface area contributed by atoms with Gasteiger partial charge in [-0.05, 0) is 12.8 Å². The predicted molar refractivity (Wildman–Crippen MR) is 129 cm³/mol. The van der Waals surface area contributed by atoms with Gasteiger partial charge in [0.15, 0.2) is 0 Å². The molecule has 0 amide bonds. The number of hydrogen-bond donors (Lipinski definition) is 3. The van der Waals surface area contributed by atoms with Crippen LogP contribution >= 0.6 is 7.82 Å². The van der Waals surface area contributed by atoms with Crippen LogP contribution in [0.2, 0.25) is 0 Å². The van der Waals surface area contributed by atoms with Gasteiger partial charge in [0.25, 0.3) is 0 Å². The summed E-state index contributed by atoms with van der Waals surface area (Å²) in [5.41, 5.74) is 5.85. The van der Waals surface area contributed by atoms with Crippen molar-refractivity contribution in [2.24, 2.45) is 5.73 Å². The summed E-state index contributed by atoms with van der Waals surface area (Å²) in [6.07, 6.45) is 17.9. The molecule has 0 heterocycles. The highest BCUT2D eigenvalue weighted by Crippen LogP contribution is 2.43. The second-order valence-electron chi connectivity index (χ2n) is 9.52. The molecule has 8 heteroatoms. The van der Waals surface area contributed by atoms with Crippen molar-refractivity contribution in [3.05, 3.63) is 12.2 Å². The zero-order chi connectivity index (χ0) is 23.6. The number of aliphatic hydroxyl groups is 1. The SMILES string of the molecule is CCCCCCCCCCCCC/C=C\[C@H](O)[C@H](N)COP(=O)(O)OCC[N+](C)(C)C. The van der Waals surface area contributed by atoms with E-state index in [2.05, 4.69) is 6.92 Å². The first-order valence-corrected chi connectivity index (χ1v) is 13.6. The van der Waals surface area contributed by atoms with Crippen LogP contribution in [-0.4, -0.2) is 67.5 Å². The Morgan fingerprint density at radius 2 is 1.45 bits per heavy atom. The molecule has 0 saturated heterocycles. The molecule has 186 valence electrons. The van der Waals surface area contributed by atoms with Gasteiger partial charge in [0.1, 0.15) is 13.2 Å². The number of hydrogen-bond acceptors (Lipinski definition) is 5. The summed E-state index contributed by atoms with van der Waals surface area (Å²) >= 11 is 0. The molecule has 0 saturated carbocycles. The third kappa shape index (κ3) is 21.3. The van der Waals surface area contributed by atoms with E-state index in [0.29, 0.717) is 11.0 Å². The molecule has 0 bridgehead atoms. The first-order chi connectivity index (χ1) is 14.6. The Balaban J connectivity index is 3.74. The van der Waals surface area contributed by atoms with Crippen molar-refractivity contribution in [3.8, 4) is 0 Å². The summed E-state index contributed by atoms with van der Waals surface area (Å²) in [4.78, 5) is 9.69. The van der Waals surface area contributed by atoms with Crippen LogP contribution in [0, 0.1) is 0 Å². The Hall–Kier alpha value is -0.270. The van der Waals surface area contributed by atoms with Gasteiger partial charge in [0, 0.05) is 0 Å². The summed E-state index contributed by atoms with van der Waals surface area (Å²) in [5.74, 6) is 0. The Morgan fingerprint density at radius 3 is 1.97 bits per heavy atom. The molecule has 0 aliphatic rings. The quantitative estimate of drug-likeness (QED) is 0.0977. The Kier molecular flexibility index (Phi) is 18.0. The highest BCUT2D eigenvalue weighted by molar-refractivity contribution is 7.47. The zero-order valence-electron chi connectivity index (χ0n) is 20.5. The number of phosphoric acid groups is 1. The molecule has 31 heavy (non-hydrogen) atoms. The van der Waals surface area contributed by atoms with Crippen molar-refractivity contribution in [2.75, 3.05) is 40.9 Å². The minimum atomic E-state index is -4.16. The number of phosphoric ester groups is 1. The summed E-state index contributed by atoms with van der Waals surface area (Å²) in [6, 6.07) is -0.781. The molecule has 0 rings (SSSR count). The van der Waals surface area contributed by atoms with Gasteiger partial charge in [-0.3, -0.25) is 9.05 Å². The molecule has 0 aromatic carbocycles. The van der Waals surface area contributed by atoms with Gasteiger partial charge in [0.05, 0.1) is 39.9 Å². The Bertz CT molecular complexity index is 497. The normalized spacial score (nSPS) is 16.5. The minimum absolute atomic E-state index is 0.105. The third-order valence-corrected chi connectivity index (χ3v) is 6.18. The fraction of sp³-hybridized carbons (Fsp3) is 0.913. The molecule has 7 nitrogen and oxygen atoms in total. The molecule has 4 N–H and O–H groups in total. The molecule has 0 aliphatic heterocycles. The minimum Gasteiger partial charge on any atom is -0.387 e. The monoisotopic (exact) mass is 465 g/mol. The van der Waals surface area contributed by atoms with Crippen LogP contribution in [0.5, 0.6) is 0 Å². The molecule has 0 aliphatic carbocycles. The van der Waals surface area contributed by atoms with Gasteiger partial charge >= 0.3 is 7.82 Å². The van der Waals surface area contributed by atoms with Crippen LogP contribution in [0.15, 0.2) is 12.2 Å². The molecule has 1 unspecified atom stereocenters. The number of unbranched alkanes of at least 4 members (excludes halogenated alkanes) is 11. The fourth-order valence-corrected chi connectivity index (χ4v) is 3.80. The van der Waals surface area contributed by atoms with Crippen molar-refractivity contribution in [3.63, 3.8) is 0 Å². The zero-order valence-corrected chi connectivity index (χ0v) is 21.4. The van der Waals surface area contributed by atoms with E-state index in [1.54, 1.807) is 6.08 Å². The van der Waals surface area contributed by atoms with E-state index in [-0.39, 0.29) is 13.2 Å². The molecular weight excluding hydrogens is 415 g/mol. The van der Waals surface area contributed by atoms with Gasteiger partial charge in [-0.25, -0.2) is 4.57 Å². The first kappa shape index (κ1) is 30.7. The van der Waals surface area contributed by atoms with E-state index in [0.717, 1.165) is 12.8 Å². The summed E-state index contributed by atoms with van der Waals surface area (Å²) in [7, 11) is 1.72. The fourth-order valence-electron chi connectivity index (χ4n) is 3.05. The van der Waals surface area contributed by atoms with Crippen molar-refractivity contribution >= 4 is 7.82 Å². The standard InChI is InChI=1S/C23H49N2O5P/c1-5-6-7-8-9-10-11-12-13-14-15-16-17-18-23(26)22(24)21-30-31(27,28)29-20-19-25(2,3)4/h17-18,22-23,26H,5-16,19-21,24H2,1-4H3/p+1/b18-17-/t22-,23+/m1/s1. The number of nitrogens with zero attached hydrogens (tertiary/aromatic N) is 1. The summed E-state index contributed by atoms with van der Waals surface area (Å²) in [6.45, 7) is 2.68. The van der Waals surface area contributed by atoms with Gasteiger partial charge < -0.3 is 20.2 Å². The average Bonchev–Trinajstić information content (AvgIpc) is 2.68. The van der Waals surface area contributed by atoms with Crippen LogP contribution in [0.4, 0.5) is 0 Å². The van der Waals surface area contributed by atoms with Crippen LogP contribution in [0.3, 0.4) is 0 Å². The van der Waals surface area contributed by atoms with Crippen molar-refractivity contribution < 1.29 is 28.1 Å². The number of aliphatic hydroxyl groups excluding tert-OH is 1. The molecular formula is C23H50N2O5P+. The number of allylic oxidation sites excluding steroid dienone is 1. The van der Waals surface area contributed by atoms with Gasteiger partial charge in [-0.1, -0.05) is 83.3 Å². The van der Waals surface area contributed by atoms with Crippen molar-refractivity contribution in [1.29, 1.82) is 0 Å². The highest BCUT2D eigenvalue weighted by atomic mass is 31.2. The molecule has 0 spiro atoms. The smallest absolute Gasteiger partial charge is 0.387 e. The Morgan fingerprint density at radius 1 is 0.935 bits per heavy atom. The molecule has 0 radical (unpaired) electrons. The molecule has 0 aromatic heterocycles. The summed E-state index contributed by atoms with van der Waals surface area (Å²) in [5, 5.41) is 10.1. The first-order valence-electron chi connectivity index (χ1n) is 12.1. The van der Waals surface area contributed by atoms with Crippen molar-refractivity contribution in [2.45, 2.75) is 96.1 Å². The maximum Gasteiger partial charge on any atom is 0.472 e. The lowest BCUT2D eigenvalue weighted by molar-refractivity contribution is -0.870. The highest BCUT2D eigenvalue weighted by Gasteiger charge is 2.25. The number of likely N-dealkylation sites (N-methyl/N-ethyl adjacent to an activating group) is 1. The van der Waals surface area contributed by atoms with E-state index in [1.165, 1.54) is 64.2 Å². The largest absolute Gasteiger partial charge is 0.472 e. The van der Waals surface area contributed by atoms with E-state index >= 15 is 0 Å². The average molecular weight is 466 g/mol. The Labute approximate surface area is 191 Å².